The van der Waals surface area contributed by atoms with Gasteiger partial charge in [0.1, 0.15) is 17.6 Å². The number of carbonyl (C=O) groups is 2. The fourth-order valence-corrected chi connectivity index (χ4v) is 9.88. The zero-order chi connectivity index (χ0) is 42.1. The second-order valence-corrected chi connectivity index (χ2v) is 18.4. The Morgan fingerprint density at radius 2 is 1.69 bits per heavy atom. The molecular weight excluding hydrogens is 748 g/mol. The molecule has 2 bridgehead atoms. The molecule has 4 fully saturated rings. The summed E-state index contributed by atoms with van der Waals surface area (Å²) < 4.78 is 54.9. The lowest BCUT2D eigenvalue weighted by Gasteiger charge is -2.63. The normalized spacial score (nSPS) is 27.4. The maximum absolute atomic E-state index is 14.5. The molecule has 1 aromatic heterocycles. The molecule has 3 saturated carbocycles. The van der Waals surface area contributed by atoms with Gasteiger partial charge >= 0.3 is 19.3 Å². The third-order valence-electron chi connectivity index (χ3n) is 13.4. The summed E-state index contributed by atoms with van der Waals surface area (Å²) in [6.45, 7) is 18.4. The fraction of sp³-hybridized carbons (Fsp3) is 0.581. The average Bonchev–Trinajstić information content (AvgIpc) is 3.67. The first kappa shape index (κ1) is 41.8. The Kier molecular flexibility index (Phi) is 10.8. The van der Waals surface area contributed by atoms with Gasteiger partial charge in [-0.2, -0.15) is 13.2 Å². The van der Waals surface area contributed by atoms with Gasteiger partial charge in [-0.3, -0.25) is 14.2 Å². The molecular formula is C43H56BF3N6O5. The first-order chi connectivity index (χ1) is 27.2. The smallest absolute Gasteiger partial charge is 0.404 e. The van der Waals surface area contributed by atoms with E-state index in [0.717, 1.165) is 36.1 Å². The monoisotopic (exact) mass is 804 g/mol. The number of nitrogens with one attached hydrogen (secondary N) is 4. The number of para-hydroxylation sites is 1. The van der Waals surface area contributed by atoms with Crippen LogP contribution in [-0.4, -0.2) is 46.3 Å². The predicted molar refractivity (Wildman–Crippen MR) is 217 cm³/mol. The summed E-state index contributed by atoms with van der Waals surface area (Å²) in [5.74, 6) is 0.298. The SMILES string of the molecule is CC[C@H](NC(=O)[C@@H]1C[C@@](C)(NC(=O)Nc2c(C(C)C)cccc2C(C)C)c2ncc(NCc3cccc(C(F)(F)F)c3)c(=O)n21)B1O[C@@H]2C3CC(C[C@]2(C)O1)C3(C)C. The number of rotatable bonds is 11. The van der Waals surface area contributed by atoms with Crippen molar-refractivity contribution in [3.8, 4) is 0 Å². The molecule has 5 aliphatic rings. The number of amides is 3. The van der Waals surface area contributed by atoms with Crippen molar-refractivity contribution in [3.05, 3.63) is 87.1 Å². The van der Waals surface area contributed by atoms with Crippen LogP contribution in [0.15, 0.2) is 53.5 Å². The first-order valence-corrected chi connectivity index (χ1v) is 20.5. The lowest BCUT2D eigenvalue weighted by atomic mass is 9.45. The minimum Gasteiger partial charge on any atom is -0.404 e. The van der Waals surface area contributed by atoms with Crippen LogP contribution in [0.2, 0.25) is 0 Å². The Bertz CT molecular complexity index is 2120. The van der Waals surface area contributed by atoms with E-state index >= 15 is 0 Å². The number of benzene rings is 2. The highest BCUT2D eigenvalue weighted by atomic mass is 19.4. The number of anilines is 2. The molecule has 2 aromatic carbocycles. The van der Waals surface area contributed by atoms with E-state index in [1.165, 1.54) is 22.9 Å². The van der Waals surface area contributed by atoms with Crippen molar-refractivity contribution >= 4 is 30.4 Å². The van der Waals surface area contributed by atoms with Crippen molar-refractivity contribution in [2.45, 2.75) is 142 Å². The number of halogens is 3. The van der Waals surface area contributed by atoms with Crippen LogP contribution in [0.3, 0.4) is 0 Å². The topological polar surface area (TPSA) is 136 Å². The molecule has 3 heterocycles. The minimum absolute atomic E-state index is 0.00443. The van der Waals surface area contributed by atoms with Crippen molar-refractivity contribution in [1.82, 2.24) is 20.2 Å². The highest BCUT2D eigenvalue weighted by Crippen LogP contribution is 2.64. The first-order valence-electron chi connectivity index (χ1n) is 20.5. The van der Waals surface area contributed by atoms with Gasteiger partial charge < -0.3 is 30.6 Å². The highest BCUT2D eigenvalue weighted by molar-refractivity contribution is 6.47. The Labute approximate surface area is 338 Å². The third kappa shape index (κ3) is 7.41. The number of hydrogen-bond donors (Lipinski definition) is 4. The van der Waals surface area contributed by atoms with E-state index in [4.69, 9.17) is 9.31 Å². The van der Waals surface area contributed by atoms with Crippen LogP contribution >= 0.6 is 0 Å². The molecule has 2 unspecified atom stereocenters. The predicted octanol–water partition coefficient (Wildman–Crippen LogP) is 8.27. The van der Waals surface area contributed by atoms with E-state index in [9.17, 15) is 27.6 Å². The minimum atomic E-state index is -4.53. The summed E-state index contributed by atoms with van der Waals surface area (Å²) >= 11 is 0. The summed E-state index contributed by atoms with van der Waals surface area (Å²) in [6.07, 6.45) is -0.873. The maximum Gasteiger partial charge on any atom is 0.481 e. The number of urea groups is 1. The second kappa shape index (κ2) is 15.0. The van der Waals surface area contributed by atoms with Crippen LogP contribution in [0.1, 0.15) is 134 Å². The van der Waals surface area contributed by atoms with E-state index in [-0.39, 0.29) is 47.8 Å². The molecule has 7 atom stereocenters. The maximum atomic E-state index is 14.5. The molecule has 15 heteroatoms. The molecule has 0 radical (unpaired) electrons. The number of nitrogens with zero attached hydrogens (tertiary/aromatic N) is 2. The summed E-state index contributed by atoms with van der Waals surface area (Å²) in [7, 11) is -0.693. The van der Waals surface area contributed by atoms with Gasteiger partial charge in [0.15, 0.2) is 0 Å². The van der Waals surface area contributed by atoms with E-state index in [1.807, 2.05) is 25.1 Å². The lowest BCUT2D eigenvalue weighted by molar-refractivity contribution is -0.185. The summed E-state index contributed by atoms with van der Waals surface area (Å²) in [5, 5.41) is 12.2. The number of fused-ring (bicyclic) bond motifs is 1. The number of alkyl halides is 3. The standard InChI is InChI=1S/C43H56BF3N6O5/c1-10-33(44-57-35-30-18-27(40(30,6)7)19-42(35,9)58-44)50-36(54)32-20-41(8,52-39(56)51-34-28(23(2)3)15-12-16-29(34)24(4)5)38-49-22-31(37(55)53(32)38)48-21-25-13-11-14-26(17-25)43(45,46)47/h11-17,22-24,27,30,32-33,35,48H,10,18-21H2,1-9H3,(H,50,54)(H2,51,52,56)/t27?,30?,32-,33-,35+,41+,42-/m0/s1. The van der Waals surface area contributed by atoms with E-state index in [0.29, 0.717) is 29.5 Å². The van der Waals surface area contributed by atoms with Crippen molar-refractivity contribution in [2.24, 2.45) is 17.3 Å². The summed E-state index contributed by atoms with van der Waals surface area (Å²) in [4.78, 5) is 47.5. The number of hydrogen-bond acceptors (Lipinski definition) is 7. The largest absolute Gasteiger partial charge is 0.481 e. The highest BCUT2D eigenvalue weighted by Gasteiger charge is 2.67. The van der Waals surface area contributed by atoms with E-state index in [1.54, 1.807) is 6.92 Å². The zero-order valence-electron chi connectivity index (χ0n) is 34.8. The van der Waals surface area contributed by atoms with Crippen LogP contribution in [0, 0.1) is 17.3 Å². The van der Waals surface area contributed by atoms with E-state index in [2.05, 4.69) is 74.7 Å². The van der Waals surface area contributed by atoms with Gasteiger partial charge in [0.25, 0.3) is 5.56 Å². The van der Waals surface area contributed by atoms with Crippen molar-refractivity contribution in [3.63, 3.8) is 0 Å². The Hall–Kier alpha value is -4.37. The molecule has 11 nitrogen and oxygen atoms in total. The molecule has 8 rings (SSSR count). The Morgan fingerprint density at radius 1 is 1.02 bits per heavy atom. The zero-order valence-corrected chi connectivity index (χ0v) is 34.8. The summed E-state index contributed by atoms with van der Waals surface area (Å²) in [5.41, 5.74) is -0.0624. The molecule has 3 aliphatic carbocycles. The lowest BCUT2D eigenvalue weighted by Crippen LogP contribution is -2.63. The van der Waals surface area contributed by atoms with Gasteiger partial charge in [0, 0.05) is 18.7 Å². The van der Waals surface area contributed by atoms with Crippen LogP contribution < -0.4 is 26.8 Å². The van der Waals surface area contributed by atoms with Crippen LogP contribution in [0.4, 0.5) is 29.3 Å². The molecule has 3 amide bonds. The van der Waals surface area contributed by atoms with Gasteiger partial charge in [-0.1, -0.05) is 78.8 Å². The quantitative estimate of drug-likeness (QED) is 0.143. The van der Waals surface area contributed by atoms with Crippen molar-refractivity contribution in [1.29, 1.82) is 0 Å². The number of aromatic nitrogens is 2. The van der Waals surface area contributed by atoms with Gasteiger partial charge in [-0.05, 0) is 91.0 Å². The molecule has 0 spiro atoms. The van der Waals surface area contributed by atoms with Gasteiger partial charge in [0.05, 0.1) is 34.9 Å². The van der Waals surface area contributed by atoms with Gasteiger partial charge in [0.2, 0.25) is 5.91 Å². The van der Waals surface area contributed by atoms with Crippen molar-refractivity contribution < 1.29 is 32.1 Å². The molecule has 3 aromatic rings. The molecule has 58 heavy (non-hydrogen) atoms. The number of carbonyl (C=O) groups excluding carboxylic acids is 2. The van der Waals surface area contributed by atoms with Crippen LogP contribution in [0.5, 0.6) is 0 Å². The molecule has 4 N–H and O–H groups in total. The fourth-order valence-electron chi connectivity index (χ4n) is 9.88. The van der Waals surface area contributed by atoms with Crippen molar-refractivity contribution in [2.75, 3.05) is 10.6 Å². The van der Waals surface area contributed by atoms with Crippen LogP contribution in [-0.2, 0) is 32.4 Å². The third-order valence-corrected chi connectivity index (χ3v) is 13.4. The summed E-state index contributed by atoms with van der Waals surface area (Å²) in [6, 6.07) is 9.14. The second-order valence-electron chi connectivity index (χ2n) is 18.4. The molecule has 2 aliphatic heterocycles. The van der Waals surface area contributed by atoms with Crippen LogP contribution in [0.25, 0.3) is 0 Å². The Morgan fingerprint density at radius 3 is 2.31 bits per heavy atom. The van der Waals surface area contributed by atoms with Gasteiger partial charge in [-0.25, -0.2) is 9.78 Å². The molecule has 1 saturated heterocycles. The van der Waals surface area contributed by atoms with Gasteiger partial charge in [-0.15, -0.1) is 0 Å². The Balaban J connectivity index is 1.17. The van der Waals surface area contributed by atoms with E-state index < -0.39 is 59.5 Å². The average molecular weight is 805 g/mol. The molecule has 312 valence electrons.